The van der Waals surface area contributed by atoms with E-state index in [-0.39, 0.29) is 17.9 Å². The van der Waals surface area contributed by atoms with Crippen molar-refractivity contribution in [2.24, 2.45) is 0 Å². The van der Waals surface area contributed by atoms with Gasteiger partial charge in [0.2, 0.25) is 5.91 Å². The quantitative estimate of drug-likeness (QED) is 0.867. The van der Waals surface area contributed by atoms with Crippen LogP contribution in [0.1, 0.15) is 41.7 Å². The summed E-state index contributed by atoms with van der Waals surface area (Å²) in [5.41, 5.74) is 1.33. The molecule has 1 saturated heterocycles. The van der Waals surface area contributed by atoms with Crippen LogP contribution in [-0.2, 0) is 11.2 Å². The summed E-state index contributed by atoms with van der Waals surface area (Å²) in [6, 6.07) is 11.3. The van der Waals surface area contributed by atoms with Crippen molar-refractivity contribution in [2.45, 2.75) is 26.3 Å². The summed E-state index contributed by atoms with van der Waals surface area (Å²) in [6.45, 7) is 5.01. The average Bonchev–Trinajstić information content (AvgIpc) is 3.10. The first-order valence-corrected chi connectivity index (χ1v) is 8.17. The van der Waals surface area contributed by atoms with E-state index in [2.05, 4.69) is 5.16 Å². The van der Waals surface area contributed by atoms with Crippen molar-refractivity contribution in [3.05, 3.63) is 53.4 Å². The Morgan fingerprint density at radius 2 is 2.00 bits per heavy atom. The standard InChI is InChI=1S/C18H21N3O3/c1-3-15-11-16(19-24-15)18(23)21-10-9-20(13(2)22)12-17(21)14-7-5-4-6-8-14/h4-8,11,17H,3,9-10,12H2,1-2H3. The Morgan fingerprint density at radius 1 is 1.25 bits per heavy atom. The fraction of sp³-hybridized carbons (Fsp3) is 0.389. The molecule has 1 aromatic carbocycles. The molecule has 3 rings (SSSR count). The Balaban J connectivity index is 1.89. The van der Waals surface area contributed by atoms with Crippen LogP contribution in [0.25, 0.3) is 0 Å². The number of hydrogen-bond acceptors (Lipinski definition) is 4. The van der Waals surface area contributed by atoms with Crippen LogP contribution in [0.3, 0.4) is 0 Å². The van der Waals surface area contributed by atoms with Crippen molar-refractivity contribution in [3.63, 3.8) is 0 Å². The maximum Gasteiger partial charge on any atom is 0.276 e. The zero-order valence-corrected chi connectivity index (χ0v) is 13.9. The number of carbonyl (C=O) groups excluding carboxylic acids is 2. The van der Waals surface area contributed by atoms with Crippen LogP contribution in [0.2, 0.25) is 0 Å². The molecule has 0 radical (unpaired) electrons. The first-order chi connectivity index (χ1) is 11.6. The predicted octanol–water partition coefficient (Wildman–Crippen LogP) is 2.28. The minimum Gasteiger partial charge on any atom is -0.361 e. The Labute approximate surface area is 141 Å². The highest BCUT2D eigenvalue weighted by atomic mass is 16.5. The number of amides is 2. The number of hydrogen-bond donors (Lipinski definition) is 0. The third-order valence-electron chi connectivity index (χ3n) is 4.40. The highest BCUT2D eigenvalue weighted by Crippen LogP contribution is 2.27. The summed E-state index contributed by atoms with van der Waals surface area (Å²) in [4.78, 5) is 28.2. The van der Waals surface area contributed by atoms with Crippen LogP contribution in [0, 0.1) is 0 Å². The smallest absolute Gasteiger partial charge is 0.276 e. The van der Waals surface area contributed by atoms with E-state index in [0.29, 0.717) is 37.5 Å². The second-order valence-corrected chi connectivity index (χ2v) is 5.92. The van der Waals surface area contributed by atoms with Gasteiger partial charge in [-0.25, -0.2) is 0 Å². The third kappa shape index (κ3) is 3.18. The zero-order chi connectivity index (χ0) is 17.1. The average molecular weight is 327 g/mol. The SMILES string of the molecule is CCc1cc(C(=O)N2CCN(C(C)=O)CC2c2ccccc2)no1. The maximum atomic E-state index is 12.9. The van der Waals surface area contributed by atoms with Crippen LogP contribution >= 0.6 is 0 Å². The molecule has 0 spiro atoms. The molecule has 2 aromatic rings. The topological polar surface area (TPSA) is 66.7 Å². The van der Waals surface area contributed by atoms with E-state index in [1.54, 1.807) is 22.8 Å². The summed E-state index contributed by atoms with van der Waals surface area (Å²) in [5.74, 6) is 0.560. The number of rotatable bonds is 3. The van der Waals surface area contributed by atoms with Gasteiger partial charge < -0.3 is 14.3 Å². The molecule has 1 aliphatic heterocycles. The number of aryl methyl sites for hydroxylation is 1. The van der Waals surface area contributed by atoms with Crippen LogP contribution in [-0.4, -0.2) is 46.4 Å². The first kappa shape index (κ1) is 16.2. The molecule has 24 heavy (non-hydrogen) atoms. The van der Waals surface area contributed by atoms with E-state index < -0.39 is 0 Å². The lowest BCUT2D eigenvalue weighted by atomic mass is 10.0. The molecule has 2 heterocycles. The summed E-state index contributed by atoms with van der Waals surface area (Å²) in [6.07, 6.45) is 0.695. The van der Waals surface area contributed by atoms with E-state index >= 15 is 0 Å². The van der Waals surface area contributed by atoms with Gasteiger partial charge in [0.25, 0.3) is 5.91 Å². The van der Waals surface area contributed by atoms with Gasteiger partial charge in [0.1, 0.15) is 5.76 Å². The molecule has 1 aliphatic rings. The van der Waals surface area contributed by atoms with Crippen molar-refractivity contribution >= 4 is 11.8 Å². The monoisotopic (exact) mass is 327 g/mol. The number of aromatic nitrogens is 1. The molecule has 2 amide bonds. The molecule has 1 unspecified atom stereocenters. The van der Waals surface area contributed by atoms with E-state index in [0.717, 1.165) is 5.56 Å². The van der Waals surface area contributed by atoms with Gasteiger partial charge in [-0.15, -0.1) is 0 Å². The zero-order valence-electron chi connectivity index (χ0n) is 13.9. The molecule has 126 valence electrons. The molecule has 6 nitrogen and oxygen atoms in total. The fourth-order valence-electron chi connectivity index (χ4n) is 3.00. The van der Waals surface area contributed by atoms with Crippen molar-refractivity contribution in [2.75, 3.05) is 19.6 Å². The van der Waals surface area contributed by atoms with Crippen LogP contribution < -0.4 is 0 Å². The van der Waals surface area contributed by atoms with Crippen molar-refractivity contribution in [1.29, 1.82) is 0 Å². The Kier molecular flexibility index (Phi) is 4.64. The van der Waals surface area contributed by atoms with Gasteiger partial charge >= 0.3 is 0 Å². The Bertz CT molecular complexity index is 726. The first-order valence-electron chi connectivity index (χ1n) is 8.17. The van der Waals surface area contributed by atoms with E-state index in [9.17, 15) is 9.59 Å². The van der Waals surface area contributed by atoms with Gasteiger partial charge in [-0.05, 0) is 5.56 Å². The van der Waals surface area contributed by atoms with Gasteiger partial charge in [-0.2, -0.15) is 0 Å². The summed E-state index contributed by atoms with van der Waals surface area (Å²) < 4.78 is 5.16. The molecule has 1 atom stereocenters. The van der Waals surface area contributed by atoms with Crippen molar-refractivity contribution in [1.82, 2.24) is 15.0 Å². The van der Waals surface area contributed by atoms with E-state index in [4.69, 9.17) is 4.52 Å². The minimum atomic E-state index is -0.182. The molecule has 1 aromatic heterocycles. The van der Waals surface area contributed by atoms with Crippen molar-refractivity contribution in [3.8, 4) is 0 Å². The van der Waals surface area contributed by atoms with Gasteiger partial charge in [-0.3, -0.25) is 9.59 Å². The Morgan fingerprint density at radius 3 is 2.62 bits per heavy atom. The fourth-order valence-corrected chi connectivity index (χ4v) is 3.00. The normalized spacial score (nSPS) is 17.8. The molecule has 0 saturated carbocycles. The number of piperazine rings is 1. The highest BCUT2D eigenvalue weighted by molar-refractivity contribution is 5.92. The second kappa shape index (κ2) is 6.86. The van der Waals surface area contributed by atoms with Gasteiger partial charge in [0, 0.05) is 39.0 Å². The van der Waals surface area contributed by atoms with Gasteiger partial charge in [0.15, 0.2) is 5.69 Å². The van der Waals surface area contributed by atoms with Crippen LogP contribution in [0.5, 0.6) is 0 Å². The largest absolute Gasteiger partial charge is 0.361 e. The molecule has 0 aliphatic carbocycles. The molecule has 1 fully saturated rings. The Hall–Kier alpha value is -2.63. The highest BCUT2D eigenvalue weighted by Gasteiger charge is 2.34. The van der Waals surface area contributed by atoms with Gasteiger partial charge in [0.05, 0.1) is 6.04 Å². The minimum absolute atomic E-state index is 0.0257. The predicted molar refractivity (Wildman–Crippen MR) is 88.4 cm³/mol. The number of nitrogens with zero attached hydrogens (tertiary/aromatic N) is 3. The van der Waals surface area contributed by atoms with Crippen molar-refractivity contribution < 1.29 is 14.1 Å². The van der Waals surface area contributed by atoms with E-state index in [1.165, 1.54) is 0 Å². The molecular formula is C18H21N3O3. The number of benzene rings is 1. The van der Waals surface area contributed by atoms with Crippen LogP contribution in [0.4, 0.5) is 0 Å². The van der Waals surface area contributed by atoms with Crippen LogP contribution in [0.15, 0.2) is 40.9 Å². The lowest BCUT2D eigenvalue weighted by molar-refractivity contribution is -0.131. The molecular weight excluding hydrogens is 306 g/mol. The molecule has 0 N–H and O–H groups in total. The van der Waals surface area contributed by atoms with Gasteiger partial charge in [-0.1, -0.05) is 42.4 Å². The molecule has 0 bridgehead atoms. The second-order valence-electron chi connectivity index (χ2n) is 5.92. The third-order valence-corrected chi connectivity index (χ3v) is 4.40. The molecule has 6 heteroatoms. The maximum absolute atomic E-state index is 12.9. The summed E-state index contributed by atoms with van der Waals surface area (Å²) in [7, 11) is 0. The summed E-state index contributed by atoms with van der Waals surface area (Å²) >= 11 is 0. The lowest BCUT2D eigenvalue weighted by Crippen LogP contribution is -2.51. The lowest BCUT2D eigenvalue weighted by Gasteiger charge is -2.41. The summed E-state index contributed by atoms with van der Waals surface area (Å²) in [5, 5.41) is 3.90. The number of carbonyl (C=O) groups is 2. The van der Waals surface area contributed by atoms with E-state index in [1.807, 2.05) is 37.3 Å².